The van der Waals surface area contributed by atoms with Crippen LogP contribution in [0.2, 0.25) is 0 Å². The van der Waals surface area contributed by atoms with Crippen LogP contribution < -0.4 is 0 Å². The largest absolute Gasteiger partial charge is 0.481 e. The van der Waals surface area contributed by atoms with E-state index in [2.05, 4.69) is 19.1 Å². The molecule has 0 spiro atoms. The minimum atomic E-state index is -0.652. The Morgan fingerprint density at radius 3 is 2.33 bits per heavy atom. The molecule has 2 fully saturated rings. The summed E-state index contributed by atoms with van der Waals surface area (Å²) in [5, 5.41) is 9.68. The molecule has 3 nitrogen and oxygen atoms in total. The van der Waals surface area contributed by atoms with Gasteiger partial charge in [-0.3, -0.25) is 4.79 Å². The predicted molar refractivity (Wildman–Crippen MR) is 67.6 cm³/mol. The van der Waals surface area contributed by atoms with Gasteiger partial charge in [0.2, 0.25) is 0 Å². The highest BCUT2D eigenvalue weighted by atomic mass is 16.5. The summed E-state index contributed by atoms with van der Waals surface area (Å²) in [7, 11) is 0. The molecule has 1 aromatic carbocycles. The van der Waals surface area contributed by atoms with E-state index in [1.165, 1.54) is 11.1 Å². The number of aliphatic carboxylic acids is 1. The minimum absolute atomic E-state index is 0.303. The van der Waals surface area contributed by atoms with Crippen LogP contribution in [0.25, 0.3) is 0 Å². The average Bonchev–Trinajstić information content (AvgIpc) is 2.21. The Morgan fingerprint density at radius 2 is 1.94 bits per heavy atom. The SMILES string of the molecule is Cc1ccccc1C1(C2(C(=O)O)CCC2)COC1. The number of carboxylic acids is 1. The van der Waals surface area contributed by atoms with Crippen LogP contribution in [0.4, 0.5) is 0 Å². The van der Waals surface area contributed by atoms with Crippen molar-refractivity contribution in [2.45, 2.75) is 31.6 Å². The number of ether oxygens (including phenoxy) is 1. The van der Waals surface area contributed by atoms with Gasteiger partial charge in [0.05, 0.1) is 24.0 Å². The third kappa shape index (κ3) is 1.25. The van der Waals surface area contributed by atoms with Crippen molar-refractivity contribution in [2.75, 3.05) is 13.2 Å². The highest BCUT2D eigenvalue weighted by Crippen LogP contribution is 2.59. The molecule has 3 rings (SSSR count). The van der Waals surface area contributed by atoms with Crippen molar-refractivity contribution >= 4 is 5.97 Å². The molecule has 1 N–H and O–H groups in total. The van der Waals surface area contributed by atoms with E-state index in [-0.39, 0.29) is 5.41 Å². The summed E-state index contributed by atoms with van der Waals surface area (Å²) in [6.07, 6.45) is 2.57. The summed E-state index contributed by atoms with van der Waals surface area (Å²) in [6, 6.07) is 8.13. The van der Waals surface area contributed by atoms with E-state index in [0.717, 1.165) is 19.3 Å². The van der Waals surface area contributed by atoms with Gasteiger partial charge in [-0.25, -0.2) is 0 Å². The molecule has 18 heavy (non-hydrogen) atoms. The number of carbonyl (C=O) groups is 1. The van der Waals surface area contributed by atoms with Crippen molar-refractivity contribution in [1.29, 1.82) is 0 Å². The van der Waals surface area contributed by atoms with Gasteiger partial charge in [0.25, 0.3) is 0 Å². The number of rotatable bonds is 3. The van der Waals surface area contributed by atoms with Gasteiger partial charge in [0.15, 0.2) is 0 Å². The lowest BCUT2D eigenvalue weighted by molar-refractivity contribution is -0.192. The maximum atomic E-state index is 11.8. The summed E-state index contributed by atoms with van der Waals surface area (Å²) < 4.78 is 5.42. The molecule has 0 radical (unpaired) electrons. The summed E-state index contributed by atoms with van der Waals surface area (Å²) in [5.41, 5.74) is 1.44. The van der Waals surface area contributed by atoms with Crippen LogP contribution in [0, 0.1) is 12.3 Å². The van der Waals surface area contributed by atoms with Gasteiger partial charge in [-0.1, -0.05) is 30.7 Å². The normalized spacial score (nSPS) is 23.8. The Kier molecular flexibility index (Phi) is 2.49. The minimum Gasteiger partial charge on any atom is -0.481 e. The first-order valence-corrected chi connectivity index (χ1v) is 6.50. The third-order valence-electron chi connectivity index (χ3n) is 4.89. The zero-order valence-electron chi connectivity index (χ0n) is 10.6. The van der Waals surface area contributed by atoms with Gasteiger partial charge in [0, 0.05) is 0 Å². The first kappa shape index (κ1) is 11.7. The molecule has 0 aromatic heterocycles. The van der Waals surface area contributed by atoms with Crippen molar-refractivity contribution in [3.8, 4) is 0 Å². The van der Waals surface area contributed by atoms with E-state index < -0.39 is 11.4 Å². The lowest BCUT2D eigenvalue weighted by Gasteiger charge is -2.58. The molecule has 3 heteroatoms. The zero-order chi connectivity index (χ0) is 12.8. The standard InChI is InChI=1S/C15H18O3/c1-11-5-2-3-6-12(11)15(9-18-10-15)14(13(16)17)7-4-8-14/h2-3,5-6H,4,7-10H2,1H3,(H,16,17). The summed E-state index contributed by atoms with van der Waals surface area (Å²) in [4.78, 5) is 11.8. The van der Waals surface area contributed by atoms with Crippen molar-refractivity contribution in [2.24, 2.45) is 5.41 Å². The molecule has 2 aliphatic rings. The van der Waals surface area contributed by atoms with E-state index in [1.807, 2.05) is 12.1 Å². The number of hydrogen-bond acceptors (Lipinski definition) is 2. The highest BCUT2D eigenvalue weighted by Gasteiger charge is 2.64. The van der Waals surface area contributed by atoms with Gasteiger partial charge in [-0.05, 0) is 30.9 Å². The van der Waals surface area contributed by atoms with Crippen LogP contribution in [0.1, 0.15) is 30.4 Å². The molecule has 1 aliphatic carbocycles. The Hall–Kier alpha value is -1.35. The van der Waals surface area contributed by atoms with E-state index in [0.29, 0.717) is 13.2 Å². The maximum Gasteiger partial charge on any atom is 0.310 e. The van der Waals surface area contributed by atoms with Crippen LogP contribution >= 0.6 is 0 Å². The predicted octanol–water partition coefficient (Wildman–Crippen LogP) is 2.52. The summed E-state index contributed by atoms with van der Waals surface area (Å²) in [6.45, 7) is 3.15. The first-order valence-electron chi connectivity index (χ1n) is 6.50. The van der Waals surface area contributed by atoms with Crippen LogP contribution in [0.3, 0.4) is 0 Å². The molecule has 0 unspecified atom stereocenters. The smallest absolute Gasteiger partial charge is 0.310 e. The van der Waals surface area contributed by atoms with Crippen LogP contribution in [-0.2, 0) is 14.9 Å². The van der Waals surface area contributed by atoms with E-state index in [9.17, 15) is 9.90 Å². The lowest BCUT2D eigenvalue weighted by Crippen LogP contribution is -2.65. The quantitative estimate of drug-likeness (QED) is 0.891. The average molecular weight is 246 g/mol. The fourth-order valence-electron chi connectivity index (χ4n) is 3.53. The second-order valence-electron chi connectivity index (χ2n) is 5.63. The molecule has 1 aliphatic heterocycles. The lowest BCUT2D eigenvalue weighted by atomic mass is 9.49. The fraction of sp³-hybridized carbons (Fsp3) is 0.533. The Labute approximate surface area is 107 Å². The van der Waals surface area contributed by atoms with Gasteiger partial charge in [-0.15, -0.1) is 0 Å². The Balaban J connectivity index is 2.11. The second-order valence-corrected chi connectivity index (χ2v) is 5.63. The summed E-state index contributed by atoms with van der Waals surface area (Å²) >= 11 is 0. The number of benzene rings is 1. The van der Waals surface area contributed by atoms with Crippen molar-refractivity contribution in [3.63, 3.8) is 0 Å². The molecular weight excluding hydrogens is 228 g/mol. The van der Waals surface area contributed by atoms with Crippen LogP contribution in [0.15, 0.2) is 24.3 Å². The van der Waals surface area contributed by atoms with Crippen LogP contribution in [0.5, 0.6) is 0 Å². The fourth-order valence-corrected chi connectivity index (χ4v) is 3.53. The topological polar surface area (TPSA) is 46.5 Å². The van der Waals surface area contributed by atoms with Gasteiger partial charge < -0.3 is 9.84 Å². The second kappa shape index (κ2) is 3.82. The van der Waals surface area contributed by atoms with E-state index in [1.54, 1.807) is 0 Å². The number of carboxylic acid groups (broad SMARTS) is 1. The molecule has 1 saturated heterocycles. The number of aryl methyl sites for hydroxylation is 1. The Bertz CT molecular complexity index is 484. The molecular formula is C15H18O3. The highest BCUT2D eigenvalue weighted by molar-refractivity contribution is 5.79. The maximum absolute atomic E-state index is 11.8. The first-order chi connectivity index (χ1) is 8.62. The van der Waals surface area contributed by atoms with Crippen molar-refractivity contribution in [1.82, 2.24) is 0 Å². The molecule has 1 saturated carbocycles. The Morgan fingerprint density at radius 1 is 1.28 bits per heavy atom. The summed E-state index contributed by atoms with van der Waals surface area (Å²) in [5.74, 6) is -0.652. The van der Waals surface area contributed by atoms with Gasteiger partial charge in [-0.2, -0.15) is 0 Å². The van der Waals surface area contributed by atoms with Crippen molar-refractivity contribution in [3.05, 3.63) is 35.4 Å². The third-order valence-corrected chi connectivity index (χ3v) is 4.89. The molecule has 0 bridgehead atoms. The monoisotopic (exact) mass is 246 g/mol. The zero-order valence-corrected chi connectivity index (χ0v) is 10.6. The molecule has 0 amide bonds. The van der Waals surface area contributed by atoms with Gasteiger partial charge >= 0.3 is 5.97 Å². The van der Waals surface area contributed by atoms with E-state index in [4.69, 9.17) is 4.74 Å². The molecule has 0 atom stereocenters. The van der Waals surface area contributed by atoms with E-state index >= 15 is 0 Å². The van der Waals surface area contributed by atoms with Crippen LogP contribution in [-0.4, -0.2) is 24.3 Å². The van der Waals surface area contributed by atoms with Gasteiger partial charge in [0.1, 0.15) is 0 Å². The molecule has 1 aromatic rings. The molecule has 96 valence electrons. The number of hydrogen-bond donors (Lipinski definition) is 1. The van der Waals surface area contributed by atoms with Crippen molar-refractivity contribution < 1.29 is 14.6 Å². The molecule has 1 heterocycles.